The van der Waals surface area contributed by atoms with Crippen LogP contribution in [-0.2, 0) is 19.5 Å². The summed E-state index contributed by atoms with van der Waals surface area (Å²) in [5, 5.41) is 22.5. The van der Waals surface area contributed by atoms with Crippen LogP contribution >= 0.6 is 24.4 Å². The minimum Gasteiger partial charge on any atom is -0.332 e. The number of hydrogen-bond donors (Lipinski definition) is 4. The van der Waals surface area contributed by atoms with Crippen LogP contribution in [-0.4, -0.2) is 29.8 Å². The predicted octanol–water partition coefficient (Wildman–Crippen LogP) is 5.33. The monoisotopic (exact) mass is 504 g/mol. The van der Waals surface area contributed by atoms with Crippen molar-refractivity contribution in [3.63, 3.8) is 0 Å². The number of benzene rings is 2. The van der Waals surface area contributed by atoms with Gasteiger partial charge in [0.25, 0.3) is 0 Å². The molecule has 0 fully saturated rings. The van der Waals surface area contributed by atoms with Gasteiger partial charge in [-0.2, -0.15) is 10.2 Å². The van der Waals surface area contributed by atoms with Crippen LogP contribution in [0.2, 0.25) is 0 Å². The SMILES string of the molecule is CCc1ccc(NC(=S)Nc2cnn(Cn3cc(NC(=S)Nc4ccc(CC)cc4)cn3)c2)cc1. The van der Waals surface area contributed by atoms with E-state index in [-0.39, 0.29) is 0 Å². The number of nitrogens with one attached hydrogen (secondary N) is 4. The number of aromatic nitrogens is 4. The summed E-state index contributed by atoms with van der Waals surface area (Å²) in [6, 6.07) is 16.4. The van der Waals surface area contributed by atoms with E-state index in [0.717, 1.165) is 35.6 Å². The van der Waals surface area contributed by atoms with Gasteiger partial charge < -0.3 is 21.3 Å². The molecule has 180 valence electrons. The van der Waals surface area contributed by atoms with Crippen molar-refractivity contribution in [2.45, 2.75) is 33.4 Å². The molecule has 2 aromatic heterocycles. The van der Waals surface area contributed by atoms with Gasteiger partial charge in [0.15, 0.2) is 10.2 Å². The van der Waals surface area contributed by atoms with Gasteiger partial charge >= 0.3 is 0 Å². The van der Waals surface area contributed by atoms with Crippen LogP contribution in [0.25, 0.3) is 0 Å². The smallest absolute Gasteiger partial charge is 0.175 e. The molecular formula is C25H28N8S2. The number of rotatable bonds is 8. The van der Waals surface area contributed by atoms with E-state index in [9.17, 15) is 0 Å². The van der Waals surface area contributed by atoms with Crippen molar-refractivity contribution < 1.29 is 0 Å². The summed E-state index contributed by atoms with van der Waals surface area (Å²) in [7, 11) is 0. The topological polar surface area (TPSA) is 83.8 Å². The summed E-state index contributed by atoms with van der Waals surface area (Å²) in [4.78, 5) is 0. The molecule has 0 bridgehead atoms. The molecule has 0 aliphatic rings. The first kappa shape index (κ1) is 24.4. The van der Waals surface area contributed by atoms with Crippen molar-refractivity contribution in [2.24, 2.45) is 0 Å². The first-order chi connectivity index (χ1) is 17.0. The van der Waals surface area contributed by atoms with E-state index in [1.165, 1.54) is 11.1 Å². The summed E-state index contributed by atoms with van der Waals surface area (Å²) < 4.78 is 3.53. The largest absolute Gasteiger partial charge is 0.332 e. The van der Waals surface area contributed by atoms with E-state index in [1.807, 2.05) is 36.7 Å². The van der Waals surface area contributed by atoms with Gasteiger partial charge in [-0.15, -0.1) is 0 Å². The average Bonchev–Trinajstić information content (AvgIpc) is 3.49. The van der Waals surface area contributed by atoms with Gasteiger partial charge in [-0.25, -0.2) is 9.36 Å². The quantitative estimate of drug-likeness (QED) is 0.240. The third-order valence-electron chi connectivity index (χ3n) is 5.31. The number of thiocarbonyl (C=S) groups is 2. The molecule has 4 aromatic rings. The van der Waals surface area contributed by atoms with Gasteiger partial charge in [0.1, 0.15) is 6.67 Å². The van der Waals surface area contributed by atoms with E-state index in [4.69, 9.17) is 24.4 Å². The van der Waals surface area contributed by atoms with Crippen molar-refractivity contribution in [3.8, 4) is 0 Å². The summed E-state index contributed by atoms with van der Waals surface area (Å²) in [5.74, 6) is 0. The molecule has 10 heteroatoms. The van der Waals surface area contributed by atoms with E-state index in [0.29, 0.717) is 16.9 Å². The van der Waals surface area contributed by atoms with Crippen molar-refractivity contribution in [3.05, 3.63) is 84.4 Å². The highest BCUT2D eigenvalue weighted by Crippen LogP contribution is 2.13. The lowest BCUT2D eigenvalue weighted by Crippen LogP contribution is -2.19. The predicted molar refractivity (Wildman–Crippen MR) is 151 cm³/mol. The van der Waals surface area contributed by atoms with Crippen LogP contribution in [0.5, 0.6) is 0 Å². The van der Waals surface area contributed by atoms with Gasteiger partial charge in [0, 0.05) is 11.4 Å². The lowest BCUT2D eigenvalue weighted by Gasteiger charge is -2.09. The van der Waals surface area contributed by atoms with Gasteiger partial charge in [0.2, 0.25) is 0 Å². The van der Waals surface area contributed by atoms with Crippen molar-refractivity contribution in [2.75, 3.05) is 21.3 Å². The second kappa shape index (κ2) is 11.6. The molecule has 0 saturated carbocycles. The second-order valence-electron chi connectivity index (χ2n) is 7.94. The molecule has 0 unspecified atom stereocenters. The lowest BCUT2D eigenvalue weighted by atomic mass is 10.1. The lowest BCUT2D eigenvalue weighted by molar-refractivity contribution is 0.503. The van der Waals surface area contributed by atoms with Crippen LogP contribution < -0.4 is 21.3 Å². The standard InChI is InChI=1S/C25H28N8S2/c1-3-18-5-9-20(10-6-18)28-24(34)30-22-13-26-32(15-22)17-33-16-23(14-27-33)31-25(35)29-21-11-7-19(4-2)8-12-21/h5-16H,3-4,17H2,1-2H3,(H2,28,30,34)(H2,29,31,35). The summed E-state index contributed by atoms with van der Waals surface area (Å²) in [6.07, 6.45) is 9.20. The Hall–Kier alpha value is -3.76. The highest BCUT2D eigenvalue weighted by molar-refractivity contribution is 7.81. The molecule has 8 nitrogen and oxygen atoms in total. The third-order valence-corrected chi connectivity index (χ3v) is 5.72. The normalized spacial score (nSPS) is 10.6. The fraction of sp³-hybridized carbons (Fsp3) is 0.200. The van der Waals surface area contributed by atoms with Gasteiger partial charge in [0.05, 0.1) is 36.2 Å². The Bertz CT molecular complexity index is 1180. The molecule has 2 aromatic carbocycles. The molecule has 0 saturated heterocycles. The van der Waals surface area contributed by atoms with Gasteiger partial charge in [-0.1, -0.05) is 38.1 Å². The Balaban J connectivity index is 1.26. The zero-order valence-electron chi connectivity index (χ0n) is 19.7. The highest BCUT2D eigenvalue weighted by atomic mass is 32.1. The molecule has 35 heavy (non-hydrogen) atoms. The molecule has 4 rings (SSSR count). The molecule has 0 amide bonds. The number of hydrogen-bond acceptors (Lipinski definition) is 4. The first-order valence-electron chi connectivity index (χ1n) is 11.4. The zero-order chi connectivity index (χ0) is 24.6. The van der Waals surface area contributed by atoms with Crippen molar-refractivity contribution in [1.29, 1.82) is 0 Å². The van der Waals surface area contributed by atoms with Gasteiger partial charge in [-0.3, -0.25) is 0 Å². The Kier molecular flexibility index (Phi) is 8.07. The number of aryl methyl sites for hydroxylation is 2. The maximum absolute atomic E-state index is 5.42. The molecule has 0 spiro atoms. The highest BCUT2D eigenvalue weighted by Gasteiger charge is 2.06. The van der Waals surface area contributed by atoms with E-state index >= 15 is 0 Å². The average molecular weight is 505 g/mol. The third kappa shape index (κ3) is 7.11. The Morgan fingerprint density at radius 1 is 0.629 bits per heavy atom. The minimum atomic E-state index is 0.445. The van der Waals surface area contributed by atoms with Crippen LogP contribution in [0, 0.1) is 0 Å². The maximum atomic E-state index is 5.42. The van der Waals surface area contributed by atoms with Crippen LogP contribution in [0.15, 0.2) is 73.3 Å². The number of nitrogens with zero attached hydrogens (tertiary/aromatic N) is 4. The Labute approximate surface area is 215 Å². The fourth-order valence-electron chi connectivity index (χ4n) is 3.39. The zero-order valence-corrected chi connectivity index (χ0v) is 21.3. The van der Waals surface area contributed by atoms with Crippen LogP contribution in [0.4, 0.5) is 22.7 Å². The summed E-state index contributed by atoms with van der Waals surface area (Å²) >= 11 is 10.8. The Morgan fingerprint density at radius 3 is 1.37 bits per heavy atom. The fourth-order valence-corrected chi connectivity index (χ4v) is 3.87. The van der Waals surface area contributed by atoms with E-state index in [2.05, 4.69) is 69.6 Å². The molecule has 0 aliphatic heterocycles. The van der Waals surface area contributed by atoms with Crippen LogP contribution in [0.3, 0.4) is 0 Å². The maximum Gasteiger partial charge on any atom is 0.175 e. The second-order valence-corrected chi connectivity index (χ2v) is 8.75. The summed E-state index contributed by atoms with van der Waals surface area (Å²) in [5.41, 5.74) is 6.03. The van der Waals surface area contributed by atoms with Gasteiger partial charge in [-0.05, 0) is 72.7 Å². The van der Waals surface area contributed by atoms with Crippen molar-refractivity contribution >= 4 is 57.4 Å². The first-order valence-corrected chi connectivity index (χ1v) is 12.2. The van der Waals surface area contributed by atoms with E-state index < -0.39 is 0 Å². The summed E-state index contributed by atoms with van der Waals surface area (Å²) in [6.45, 7) is 4.71. The van der Waals surface area contributed by atoms with Crippen LogP contribution in [0.1, 0.15) is 25.0 Å². The minimum absolute atomic E-state index is 0.445. The number of anilines is 4. The molecule has 0 radical (unpaired) electrons. The van der Waals surface area contributed by atoms with E-state index in [1.54, 1.807) is 21.8 Å². The Morgan fingerprint density at radius 2 is 1.00 bits per heavy atom. The molecule has 4 N–H and O–H groups in total. The molecule has 2 heterocycles. The molecule has 0 atom stereocenters. The molecular weight excluding hydrogens is 476 g/mol. The van der Waals surface area contributed by atoms with Crippen molar-refractivity contribution in [1.82, 2.24) is 19.6 Å². The molecule has 0 aliphatic carbocycles.